The summed E-state index contributed by atoms with van der Waals surface area (Å²) in [6, 6.07) is 1.79. The summed E-state index contributed by atoms with van der Waals surface area (Å²) in [5, 5.41) is 0. The molecule has 1 heterocycles. The molecule has 0 saturated heterocycles. The van der Waals surface area contributed by atoms with Gasteiger partial charge in [-0.1, -0.05) is 0 Å². The number of hydrogen-bond donors (Lipinski definition) is 0. The fourth-order valence-electron chi connectivity index (χ4n) is 1.29. The van der Waals surface area contributed by atoms with Crippen LogP contribution >= 0.6 is 43.2 Å². The standard InChI is InChI=1S/C11H14Br2N2O2S/c1-14(2)10(17)6-15(3)5-8(16)7-4-9(12)18-11(7)13/h4H,5-6H2,1-3H3. The van der Waals surface area contributed by atoms with Crippen molar-refractivity contribution >= 4 is 54.9 Å². The second kappa shape index (κ2) is 6.79. The van der Waals surface area contributed by atoms with Gasteiger partial charge >= 0.3 is 0 Å². The van der Waals surface area contributed by atoms with Crippen LogP contribution in [0.25, 0.3) is 0 Å². The van der Waals surface area contributed by atoms with Crippen molar-refractivity contribution in [2.24, 2.45) is 0 Å². The maximum Gasteiger partial charge on any atom is 0.236 e. The third kappa shape index (κ3) is 4.46. The van der Waals surface area contributed by atoms with Crippen LogP contribution in [0.5, 0.6) is 0 Å². The fraction of sp³-hybridized carbons (Fsp3) is 0.455. The van der Waals surface area contributed by atoms with Crippen LogP contribution in [0.15, 0.2) is 13.6 Å². The lowest BCUT2D eigenvalue weighted by atomic mass is 10.2. The van der Waals surface area contributed by atoms with E-state index in [4.69, 9.17) is 0 Å². The molecule has 0 atom stereocenters. The Balaban J connectivity index is 2.60. The summed E-state index contributed by atoms with van der Waals surface area (Å²) < 4.78 is 1.72. The molecule has 0 N–H and O–H groups in total. The first-order chi connectivity index (χ1) is 8.31. The molecule has 1 aromatic heterocycles. The highest BCUT2D eigenvalue weighted by Gasteiger charge is 2.17. The monoisotopic (exact) mass is 396 g/mol. The summed E-state index contributed by atoms with van der Waals surface area (Å²) in [7, 11) is 5.16. The van der Waals surface area contributed by atoms with E-state index in [1.807, 2.05) is 0 Å². The van der Waals surface area contributed by atoms with E-state index in [2.05, 4.69) is 31.9 Å². The summed E-state index contributed by atoms with van der Waals surface area (Å²) in [6.07, 6.45) is 0. The SMILES string of the molecule is CN(CC(=O)c1cc(Br)sc1Br)CC(=O)N(C)C. The van der Waals surface area contributed by atoms with Crippen molar-refractivity contribution in [1.82, 2.24) is 9.80 Å². The molecule has 7 heteroatoms. The molecule has 0 saturated carbocycles. The van der Waals surface area contributed by atoms with Gasteiger partial charge in [0.15, 0.2) is 5.78 Å². The molecule has 100 valence electrons. The Labute approximate surface area is 127 Å². The quantitative estimate of drug-likeness (QED) is 0.716. The zero-order valence-corrected chi connectivity index (χ0v) is 14.4. The second-order valence-electron chi connectivity index (χ2n) is 4.12. The Bertz CT molecular complexity index is 460. The molecule has 0 aliphatic heterocycles. The molecule has 0 unspecified atom stereocenters. The van der Waals surface area contributed by atoms with Crippen molar-refractivity contribution in [2.45, 2.75) is 0 Å². The lowest BCUT2D eigenvalue weighted by Crippen LogP contribution is -2.36. The first-order valence-corrected chi connectivity index (χ1v) is 7.58. The first-order valence-electron chi connectivity index (χ1n) is 5.18. The number of Topliss-reactive ketones (excluding diaryl/α,β-unsaturated/α-hetero) is 1. The molecule has 18 heavy (non-hydrogen) atoms. The van der Waals surface area contributed by atoms with Crippen LogP contribution < -0.4 is 0 Å². The Hall–Kier alpha value is -0.240. The lowest BCUT2D eigenvalue weighted by molar-refractivity contribution is -0.129. The maximum atomic E-state index is 12.0. The number of likely N-dealkylation sites (N-methyl/N-ethyl adjacent to an activating group) is 2. The van der Waals surface area contributed by atoms with Crippen LogP contribution in [0.3, 0.4) is 0 Å². The highest BCUT2D eigenvalue weighted by molar-refractivity contribution is 9.12. The topological polar surface area (TPSA) is 40.6 Å². The molecule has 0 fully saturated rings. The van der Waals surface area contributed by atoms with Gasteiger partial charge in [0, 0.05) is 19.7 Å². The van der Waals surface area contributed by atoms with Gasteiger partial charge in [0.1, 0.15) is 0 Å². The van der Waals surface area contributed by atoms with Gasteiger partial charge in [0.05, 0.1) is 20.7 Å². The molecule has 4 nitrogen and oxygen atoms in total. The Morgan fingerprint density at radius 2 is 1.83 bits per heavy atom. The minimum Gasteiger partial charge on any atom is -0.348 e. The first kappa shape index (κ1) is 15.8. The van der Waals surface area contributed by atoms with Crippen molar-refractivity contribution < 1.29 is 9.59 Å². The number of ketones is 1. The summed E-state index contributed by atoms with van der Waals surface area (Å²) in [5.41, 5.74) is 0.649. The number of rotatable bonds is 5. The van der Waals surface area contributed by atoms with Crippen molar-refractivity contribution in [3.05, 3.63) is 19.2 Å². The summed E-state index contributed by atoms with van der Waals surface area (Å²) in [6.45, 7) is 0.461. The molecular formula is C11H14Br2N2O2S. The van der Waals surface area contributed by atoms with E-state index in [0.29, 0.717) is 5.56 Å². The van der Waals surface area contributed by atoms with Crippen LogP contribution in [-0.2, 0) is 4.79 Å². The number of hydrogen-bond acceptors (Lipinski definition) is 4. The molecule has 0 aliphatic carbocycles. The maximum absolute atomic E-state index is 12.0. The van der Waals surface area contributed by atoms with Gasteiger partial charge in [-0.15, -0.1) is 11.3 Å². The van der Waals surface area contributed by atoms with E-state index in [0.717, 1.165) is 7.57 Å². The Morgan fingerprint density at radius 1 is 1.22 bits per heavy atom. The lowest BCUT2D eigenvalue weighted by Gasteiger charge is -2.17. The van der Waals surface area contributed by atoms with Gasteiger partial charge in [0.2, 0.25) is 5.91 Å². The largest absolute Gasteiger partial charge is 0.348 e. The van der Waals surface area contributed by atoms with E-state index in [-0.39, 0.29) is 24.8 Å². The van der Waals surface area contributed by atoms with Gasteiger partial charge in [-0.3, -0.25) is 14.5 Å². The number of halogens is 2. The number of thiophene rings is 1. The smallest absolute Gasteiger partial charge is 0.236 e. The predicted molar refractivity (Wildman–Crippen MR) is 80.2 cm³/mol. The van der Waals surface area contributed by atoms with Gasteiger partial charge in [-0.05, 0) is 45.0 Å². The molecule has 1 aromatic rings. The zero-order chi connectivity index (χ0) is 13.9. The number of nitrogens with zero attached hydrogens (tertiary/aromatic N) is 2. The molecule has 1 rings (SSSR count). The molecule has 1 amide bonds. The Morgan fingerprint density at radius 3 is 2.28 bits per heavy atom. The Kier molecular flexibility index (Phi) is 5.97. The number of amides is 1. The minimum absolute atomic E-state index is 0.00196. The molecule has 0 bridgehead atoms. The fourth-order valence-corrected chi connectivity index (χ4v) is 4.14. The summed E-state index contributed by atoms with van der Waals surface area (Å²) in [5.74, 6) is -0.0197. The highest BCUT2D eigenvalue weighted by atomic mass is 79.9. The third-order valence-corrected chi connectivity index (χ3v) is 4.61. The van der Waals surface area contributed by atoms with E-state index < -0.39 is 0 Å². The van der Waals surface area contributed by atoms with Gasteiger partial charge in [-0.25, -0.2) is 0 Å². The van der Waals surface area contributed by atoms with Gasteiger partial charge in [0.25, 0.3) is 0 Å². The van der Waals surface area contributed by atoms with Crippen LogP contribution in [0.4, 0.5) is 0 Å². The molecule has 0 radical (unpaired) electrons. The number of carbonyl (C=O) groups excluding carboxylic acids is 2. The summed E-state index contributed by atoms with van der Waals surface area (Å²) in [4.78, 5) is 26.8. The van der Waals surface area contributed by atoms with Gasteiger partial charge in [-0.2, -0.15) is 0 Å². The average Bonchev–Trinajstić information content (AvgIpc) is 2.57. The minimum atomic E-state index is -0.0177. The second-order valence-corrected chi connectivity index (χ2v) is 7.87. The van der Waals surface area contributed by atoms with E-state index in [9.17, 15) is 9.59 Å². The van der Waals surface area contributed by atoms with Gasteiger partial charge < -0.3 is 4.90 Å². The van der Waals surface area contributed by atoms with Crippen molar-refractivity contribution in [3.63, 3.8) is 0 Å². The zero-order valence-electron chi connectivity index (χ0n) is 10.4. The molecular weight excluding hydrogens is 384 g/mol. The predicted octanol–water partition coefficient (Wildman–Crippen LogP) is 2.48. The van der Waals surface area contributed by atoms with E-state index in [1.54, 1.807) is 32.1 Å². The van der Waals surface area contributed by atoms with Crippen molar-refractivity contribution in [2.75, 3.05) is 34.2 Å². The van der Waals surface area contributed by atoms with Crippen LogP contribution in [0.1, 0.15) is 10.4 Å². The average molecular weight is 398 g/mol. The molecule has 0 spiro atoms. The normalized spacial score (nSPS) is 10.8. The van der Waals surface area contributed by atoms with Crippen LogP contribution in [0.2, 0.25) is 0 Å². The number of carbonyl (C=O) groups is 2. The molecule has 0 aliphatic rings. The van der Waals surface area contributed by atoms with Crippen LogP contribution in [-0.4, -0.2) is 55.7 Å². The van der Waals surface area contributed by atoms with Crippen molar-refractivity contribution in [3.8, 4) is 0 Å². The third-order valence-electron chi connectivity index (χ3n) is 2.27. The van der Waals surface area contributed by atoms with Crippen LogP contribution in [0, 0.1) is 0 Å². The molecule has 0 aromatic carbocycles. The van der Waals surface area contributed by atoms with Crippen molar-refractivity contribution in [1.29, 1.82) is 0 Å². The summed E-state index contributed by atoms with van der Waals surface area (Å²) >= 11 is 8.16. The highest BCUT2D eigenvalue weighted by Crippen LogP contribution is 2.32. The van der Waals surface area contributed by atoms with E-state index in [1.165, 1.54) is 16.2 Å². The van der Waals surface area contributed by atoms with E-state index >= 15 is 0 Å².